The van der Waals surface area contributed by atoms with Gasteiger partial charge in [0.25, 0.3) is 0 Å². The van der Waals surface area contributed by atoms with Crippen molar-refractivity contribution in [1.82, 2.24) is 0 Å². The molecule has 0 atom stereocenters. The first kappa shape index (κ1) is 52.5. The van der Waals surface area contributed by atoms with E-state index in [0.29, 0.717) is 12.1 Å². The Bertz CT molecular complexity index is 812. The molecule has 3 nitrogen and oxygen atoms in total. The minimum atomic E-state index is -7.72. The standard InChI is InChI=1S/C8H4F9Si.3C8H18N.Zr/c9-6(10,11)18(7(12,13)14,8(15,16)17)5-3-1-2-4-5;3*1-7(2,3)9-8(4,5)6;/h1-4H;3*1-6H3;/q4*-1;+4. The van der Waals surface area contributed by atoms with Gasteiger partial charge in [0.2, 0.25) is 0 Å². The smallest absolute Gasteiger partial charge is 0.653 e. The Morgan fingerprint density at radius 2 is 0.522 bits per heavy atom. The number of hydrogen-bond donors (Lipinski definition) is 0. The van der Waals surface area contributed by atoms with E-state index in [2.05, 4.69) is 141 Å². The number of hydrogen-bond acceptors (Lipinski definition) is 0. The van der Waals surface area contributed by atoms with Crippen LogP contribution in [0.3, 0.4) is 0 Å². The second-order valence-electron chi connectivity index (χ2n) is 16.8. The van der Waals surface area contributed by atoms with E-state index in [-0.39, 0.29) is 71.6 Å². The van der Waals surface area contributed by atoms with Crippen LogP contribution in [0.15, 0.2) is 24.3 Å². The zero-order valence-corrected chi connectivity index (χ0v) is 34.5. The van der Waals surface area contributed by atoms with Crippen molar-refractivity contribution < 1.29 is 65.7 Å². The molecule has 14 heteroatoms. The molecule has 0 bridgehead atoms. The summed E-state index contributed by atoms with van der Waals surface area (Å²) in [7, 11) is -7.72. The van der Waals surface area contributed by atoms with Gasteiger partial charge >= 0.3 is 51.7 Å². The summed E-state index contributed by atoms with van der Waals surface area (Å²) in [5.41, 5.74) is 0.656. The summed E-state index contributed by atoms with van der Waals surface area (Å²) in [5.74, 6) is -19.2. The third-order valence-electron chi connectivity index (χ3n) is 4.38. The van der Waals surface area contributed by atoms with E-state index in [9.17, 15) is 39.5 Å². The largest absolute Gasteiger partial charge is 4.00 e. The van der Waals surface area contributed by atoms with Gasteiger partial charge in [-0.25, -0.2) is 12.1 Å². The van der Waals surface area contributed by atoms with Crippen molar-refractivity contribution in [3.63, 3.8) is 0 Å². The summed E-state index contributed by atoms with van der Waals surface area (Å²) in [5, 5.41) is 11.9. The van der Waals surface area contributed by atoms with E-state index in [1.807, 2.05) is 0 Å². The molecule has 0 saturated carbocycles. The van der Waals surface area contributed by atoms with Gasteiger partial charge in [-0.1, -0.05) is 125 Å². The molecule has 0 spiro atoms. The summed E-state index contributed by atoms with van der Waals surface area (Å²) in [6, 6.07) is 1.84. The molecule has 0 amide bonds. The predicted octanol–water partition coefficient (Wildman–Crippen LogP) is 12.2. The van der Waals surface area contributed by atoms with Crippen LogP contribution in [-0.4, -0.2) is 58.7 Å². The van der Waals surface area contributed by atoms with E-state index in [1.54, 1.807) is 0 Å². The number of halogens is 9. The van der Waals surface area contributed by atoms with Crippen LogP contribution in [0.1, 0.15) is 125 Å². The van der Waals surface area contributed by atoms with Gasteiger partial charge in [-0.3, -0.25) is 0 Å². The van der Waals surface area contributed by atoms with E-state index in [0.717, 1.165) is 0 Å². The maximum atomic E-state index is 12.6. The molecular weight excluding hydrogens is 717 g/mol. The Labute approximate surface area is 293 Å². The molecule has 0 unspecified atom stereocenters. The monoisotopic (exact) mass is 773 g/mol. The predicted molar refractivity (Wildman–Crippen MR) is 174 cm³/mol. The van der Waals surface area contributed by atoms with Crippen LogP contribution < -0.4 is 5.19 Å². The van der Waals surface area contributed by atoms with Crippen LogP contribution >= 0.6 is 0 Å². The van der Waals surface area contributed by atoms with Gasteiger partial charge in [0.05, 0.1) is 0 Å². The molecular formula is C32H58F9N3SiZr. The maximum absolute atomic E-state index is 12.6. The molecule has 0 fully saturated rings. The normalized spacial score (nSPS) is 14.1. The molecule has 0 radical (unpaired) electrons. The first-order valence-corrected chi connectivity index (χ1v) is 16.6. The Hall–Kier alpha value is -0.300. The van der Waals surface area contributed by atoms with Gasteiger partial charge in [-0.15, -0.1) is 38.4 Å². The van der Waals surface area contributed by atoms with E-state index < -0.39 is 30.7 Å². The fourth-order valence-electron chi connectivity index (χ4n) is 4.62. The molecule has 0 aromatic heterocycles. The second kappa shape index (κ2) is 17.6. The summed E-state index contributed by atoms with van der Waals surface area (Å²) in [6.07, 6.45) is 0. The zero-order chi connectivity index (χ0) is 37.5. The zero-order valence-electron chi connectivity index (χ0n) is 31.1. The molecule has 0 heterocycles. The van der Waals surface area contributed by atoms with Crippen LogP contribution in [0.25, 0.3) is 16.0 Å². The summed E-state index contributed by atoms with van der Waals surface area (Å²) < 4.78 is 113. The third-order valence-corrected chi connectivity index (χ3v) is 8.13. The average Bonchev–Trinajstić information content (AvgIpc) is 3.03. The third kappa shape index (κ3) is 23.9. The fraction of sp³-hybridized carbons (Fsp3) is 0.844. The number of nitrogens with zero attached hydrogens (tertiary/aromatic N) is 3. The molecule has 46 heavy (non-hydrogen) atoms. The Balaban J connectivity index is -0.000000271. The molecule has 0 aliphatic rings. The minimum Gasteiger partial charge on any atom is -0.653 e. The molecule has 1 aromatic carbocycles. The van der Waals surface area contributed by atoms with Crippen molar-refractivity contribution in [3.05, 3.63) is 40.2 Å². The van der Waals surface area contributed by atoms with Crippen LogP contribution in [0.2, 0.25) is 0 Å². The van der Waals surface area contributed by atoms with Crippen LogP contribution in [0.4, 0.5) is 39.5 Å². The van der Waals surface area contributed by atoms with Gasteiger partial charge in [-0.05, 0) is 0 Å². The van der Waals surface area contributed by atoms with E-state index in [4.69, 9.17) is 0 Å². The first-order chi connectivity index (χ1) is 19.0. The molecule has 0 aliphatic carbocycles. The summed E-state index contributed by atoms with van der Waals surface area (Å²) in [6.45, 7) is 38.2. The fourth-order valence-corrected chi connectivity index (χ4v) is 7.25. The van der Waals surface area contributed by atoms with Crippen LogP contribution in [-0.2, 0) is 26.2 Å². The Morgan fingerprint density at radius 3 is 0.609 bits per heavy atom. The maximum Gasteiger partial charge on any atom is 4.00 e. The average molecular weight is 775 g/mol. The Kier molecular flexibility index (Phi) is 20.1. The summed E-state index contributed by atoms with van der Waals surface area (Å²) >= 11 is 0. The molecule has 0 aliphatic heterocycles. The minimum absolute atomic E-state index is 0. The van der Waals surface area contributed by atoms with Crippen LogP contribution in [0.5, 0.6) is 0 Å². The molecule has 1 rings (SSSR count). The van der Waals surface area contributed by atoms with E-state index in [1.165, 1.54) is 0 Å². The van der Waals surface area contributed by atoms with E-state index >= 15 is 0 Å². The molecule has 1 aromatic rings. The van der Waals surface area contributed by atoms with Crippen molar-refractivity contribution >= 4 is 13.3 Å². The van der Waals surface area contributed by atoms with Crippen LogP contribution in [0, 0.1) is 0 Å². The Morgan fingerprint density at radius 1 is 0.370 bits per heavy atom. The van der Waals surface area contributed by atoms with Gasteiger partial charge < -0.3 is 16.0 Å². The van der Waals surface area contributed by atoms with Crippen molar-refractivity contribution in [2.24, 2.45) is 0 Å². The van der Waals surface area contributed by atoms with Crippen molar-refractivity contribution in [2.45, 2.75) is 175 Å². The quantitative estimate of drug-likeness (QED) is 0.155. The van der Waals surface area contributed by atoms with Crippen molar-refractivity contribution in [1.29, 1.82) is 0 Å². The molecule has 0 N–H and O–H groups in total. The van der Waals surface area contributed by atoms with Gasteiger partial charge in [0.1, 0.15) is 0 Å². The summed E-state index contributed by atoms with van der Waals surface area (Å²) in [4.78, 5) is 0. The topological polar surface area (TPSA) is 42.3 Å². The molecule has 272 valence electrons. The second-order valence-corrected chi connectivity index (χ2v) is 20.6. The van der Waals surface area contributed by atoms with Gasteiger partial charge in [0.15, 0.2) is 0 Å². The van der Waals surface area contributed by atoms with Gasteiger partial charge in [-0.2, -0.15) is 51.6 Å². The van der Waals surface area contributed by atoms with Gasteiger partial charge in [0, 0.05) is 0 Å². The number of rotatable bonds is 1. The van der Waals surface area contributed by atoms with Crippen molar-refractivity contribution in [2.75, 3.05) is 0 Å². The SMILES string of the molecule is CC(C)(C)[N-]C(C)(C)C.CC(C)(C)[N-]C(C)(C)C.CC(C)(C)[N-]C(C)(C)C.FC(F)(F)[Si]([c-]1cccc1)(C(F)(F)F)C(F)(F)F.[Zr+4]. The first-order valence-electron chi connectivity index (χ1n) is 14.6. The molecule has 0 saturated heterocycles. The number of alkyl halides is 9. The van der Waals surface area contributed by atoms with Crippen molar-refractivity contribution in [3.8, 4) is 0 Å².